The third kappa shape index (κ3) is 5.79. The Labute approximate surface area is 185 Å². The van der Waals surface area contributed by atoms with E-state index in [1.165, 1.54) is 11.8 Å². The summed E-state index contributed by atoms with van der Waals surface area (Å²) in [4.78, 5) is 35.1. The Morgan fingerprint density at radius 2 is 1.68 bits per heavy atom. The van der Waals surface area contributed by atoms with Crippen molar-refractivity contribution in [1.29, 1.82) is 0 Å². The average Bonchev–Trinajstić information content (AvgIpc) is 3.09. The first-order chi connectivity index (χ1) is 15.0. The lowest BCUT2D eigenvalue weighted by molar-refractivity contribution is -0.133. The summed E-state index contributed by atoms with van der Waals surface area (Å²) in [5.74, 6) is -0.769. The molecule has 2 amide bonds. The van der Waals surface area contributed by atoms with E-state index in [1.54, 1.807) is 6.92 Å². The number of amides is 2. The zero-order valence-corrected chi connectivity index (χ0v) is 18.1. The number of ether oxygens (including phenoxy) is 1. The molecule has 8 heteroatoms. The van der Waals surface area contributed by atoms with Gasteiger partial charge in [-0.1, -0.05) is 55.5 Å². The molecule has 1 atom stereocenters. The van der Waals surface area contributed by atoms with Crippen molar-refractivity contribution in [3.05, 3.63) is 59.7 Å². The number of carbonyl (C=O) groups is 3. The Balaban J connectivity index is 1.51. The van der Waals surface area contributed by atoms with E-state index in [0.29, 0.717) is 18.7 Å². The largest absolute Gasteiger partial charge is 0.481 e. The van der Waals surface area contributed by atoms with E-state index in [2.05, 4.69) is 22.8 Å². The number of hydrogen-bond acceptors (Lipinski definition) is 5. The molecule has 3 rings (SSSR count). The van der Waals surface area contributed by atoms with Crippen molar-refractivity contribution in [2.24, 2.45) is 0 Å². The molecule has 164 valence electrons. The summed E-state index contributed by atoms with van der Waals surface area (Å²) in [6.07, 6.45) is -0.220. The van der Waals surface area contributed by atoms with Crippen molar-refractivity contribution in [3.8, 4) is 11.1 Å². The number of hydrogen-bond donors (Lipinski definition) is 3. The van der Waals surface area contributed by atoms with Crippen LogP contribution in [-0.4, -0.2) is 53.8 Å². The smallest absolute Gasteiger partial charge is 0.407 e. The Kier molecular flexibility index (Phi) is 7.94. The van der Waals surface area contributed by atoms with Crippen molar-refractivity contribution in [2.75, 3.05) is 24.7 Å². The number of alkyl carbamates (subject to hydrolysis) is 1. The molecule has 1 aliphatic rings. The van der Waals surface area contributed by atoms with Crippen LogP contribution in [0.4, 0.5) is 4.79 Å². The normalized spacial score (nSPS) is 13.1. The van der Waals surface area contributed by atoms with Gasteiger partial charge < -0.3 is 20.5 Å². The molecule has 0 radical (unpaired) electrons. The number of carboxylic acid groups (broad SMARTS) is 1. The molecule has 0 fully saturated rings. The first kappa shape index (κ1) is 22.7. The van der Waals surface area contributed by atoms with Gasteiger partial charge in [-0.3, -0.25) is 9.59 Å². The number of aliphatic carboxylic acids is 1. The maximum absolute atomic E-state index is 12.4. The molecule has 2 aromatic rings. The van der Waals surface area contributed by atoms with E-state index in [1.807, 2.05) is 36.4 Å². The minimum Gasteiger partial charge on any atom is -0.481 e. The molecule has 0 saturated heterocycles. The van der Waals surface area contributed by atoms with Crippen LogP contribution in [0.15, 0.2) is 48.5 Å². The molecule has 0 unspecified atom stereocenters. The third-order valence-electron chi connectivity index (χ3n) is 5.13. The Hall–Kier alpha value is -3.00. The molecule has 0 spiro atoms. The molecule has 0 bridgehead atoms. The van der Waals surface area contributed by atoms with E-state index in [0.717, 1.165) is 22.3 Å². The Morgan fingerprint density at radius 3 is 2.26 bits per heavy atom. The average molecular weight is 443 g/mol. The summed E-state index contributed by atoms with van der Waals surface area (Å²) < 4.78 is 5.49. The van der Waals surface area contributed by atoms with Gasteiger partial charge in [0.05, 0.1) is 5.75 Å². The number of thioether (sulfide) groups is 1. The first-order valence-electron chi connectivity index (χ1n) is 10.2. The second-order valence-electron chi connectivity index (χ2n) is 7.17. The van der Waals surface area contributed by atoms with E-state index in [9.17, 15) is 14.4 Å². The maximum Gasteiger partial charge on any atom is 0.407 e. The standard InChI is InChI=1S/C23H26N2O5S/c1-2-20(22(28)24-11-12-31-14-21(26)27)25-23(29)30-13-19-17-9-5-3-7-15(17)16-8-4-6-10-18(16)19/h3-10,19-20H,2,11-14H2,1H3,(H,24,28)(H,25,29)(H,26,27)/t20-/m1/s1. The van der Waals surface area contributed by atoms with Gasteiger partial charge in [0.15, 0.2) is 0 Å². The fourth-order valence-electron chi connectivity index (χ4n) is 3.66. The zero-order valence-electron chi connectivity index (χ0n) is 17.3. The molecule has 3 N–H and O–H groups in total. The molecule has 0 saturated carbocycles. The summed E-state index contributed by atoms with van der Waals surface area (Å²) in [6, 6.07) is 15.5. The molecular formula is C23H26N2O5S. The predicted molar refractivity (Wildman–Crippen MR) is 120 cm³/mol. The van der Waals surface area contributed by atoms with Gasteiger partial charge in [0.25, 0.3) is 0 Å². The van der Waals surface area contributed by atoms with Gasteiger partial charge in [-0.15, -0.1) is 11.8 Å². The molecule has 7 nitrogen and oxygen atoms in total. The third-order valence-corrected chi connectivity index (χ3v) is 6.08. The highest BCUT2D eigenvalue weighted by Gasteiger charge is 2.29. The molecule has 31 heavy (non-hydrogen) atoms. The van der Waals surface area contributed by atoms with E-state index < -0.39 is 18.1 Å². The van der Waals surface area contributed by atoms with Gasteiger partial charge in [-0.05, 0) is 28.7 Å². The molecular weight excluding hydrogens is 416 g/mol. The van der Waals surface area contributed by atoms with Gasteiger partial charge in [-0.2, -0.15) is 0 Å². The van der Waals surface area contributed by atoms with Crippen molar-refractivity contribution < 1.29 is 24.2 Å². The zero-order chi connectivity index (χ0) is 22.2. The highest BCUT2D eigenvalue weighted by atomic mass is 32.2. The van der Waals surface area contributed by atoms with Crippen LogP contribution in [0.5, 0.6) is 0 Å². The summed E-state index contributed by atoms with van der Waals surface area (Å²) in [7, 11) is 0. The van der Waals surface area contributed by atoms with Crippen LogP contribution >= 0.6 is 11.8 Å². The molecule has 0 aromatic heterocycles. The summed E-state index contributed by atoms with van der Waals surface area (Å²) >= 11 is 1.22. The van der Waals surface area contributed by atoms with Crippen molar-refractivity contribution >= 4 is 29.7 Å². The molecule has 0 aliphatic heterocycles. The fraction of sp³-hybridized carbons (Fsp3) is 0.348. The van der Waals surface area contributed by atoms with Crippen molar-refractivity contribution in [2.45, 2.75) is 25.3 Å². The Morgan fingerprint density at radius 1 is 1.06 bits per heavy atom. The fourth-order valence-corrected chi connectivity index (χ4v) is 4.23. The second-order valence-corrected chi connectivity index (χ2v) is 8.27. The topological polar surface area (TPSA) is 105 Å². The van der Waals surface area contributed by atoms with Crippen LogP contribution in [0.3, 0.4) is 0 Å². The van der Waals surface area contributed by atoms with Gasteiger partial charge in [0.2, 0.25) is 5.91 Å². The van der Waals surface area contributed by atoms with Crippen LogP contribution in [0, 0.1) is 0 Å². The number of carboxylic acids is 1. The highest BCUT2D eigenvalue weighted by Crippen LogP contribution is 2.44. The summed E-state index contributed by atoms with van der Waals surface area (Å²) in [6.45, 7) is 2.32. The van der Waals surface area contributed by atoms with Crippen LogP contribution in [0.2, 0.25) is 0 Å². The van der Waals surface area contributed by atoms with Crippen LogP contribution in [0.1, 0.15) is 30.4 Å². The number of benzene rings is 2. The minimum absolute atomic E-state index is 0.00885. The molecule has 1 aliphatic carbocycles. The van der Waals surface area contributed by atoms with Crippen LogP contribution in [0.25, 0.3) is 11.1 Å². The first-order valence-corrected chi connectivity index (χ1v) is 11.4. The summed E-state index contributed by atoms with van der Waals surface area (Å²) in [5, 5.41) is 14.0. The lowest BCUT2D eigenvalue weighted by Crippen LogP contribution is -2.47. The van der Waals surface area contributed by atoms with Gasteiger partial charge >= 0.3 is 12.1 Å². The van der Waals surface area contributed by atoms with Gasteiger partial charge in [-0.25, -0.2) is 4.79 Å². The van der Waals surface area contributed by atoms with Gasteiger partial charge in [0.1, 0.15) is 12.6 Å². The number of carbonyl (C=O) groups excluding carboxylic acids is 2. The van der Waals surface area contributed by atoms with E-state index >= 15 is 0 Å². The van der Waals surface area contributed by atoms with E-state index in [-0.39, 0.29) is 24.2 Å². The SMILES string of the molecule is CC[C@@H](NC(=O)OCC1c2ccccc2-c2ccccc21)C(=O)NCCSCC(=O)O. The van der Waals surface area contributed by atoms with Crippen molar-refractivity contribution in [3.63, 3.8) is 0 Å². The van der Waals surface area contributed by atoms with E-state index in [4.69, 9.17) is 9.84 Å². The van der Waals surface area contributed by atoms with Crippen LogP contribution in [-0.2, 0) is 14.3 Å². The Bertz CT molecular complexity index is 904. The molecule has 2 aromatic carbocycles. The van der Waals surface area contributed by atoms with Gasteiger partial charge in [0, 0.05) is 18.2 Å². The quantitative estimate of drug-likeness (QED) is 0.488. The highest BCUT2D eigenvalue weighted by molar-refractivity contribution is 7.99. The number of nitrogens with one attached hydrogen (secondary N) is 2. The number of rotatable bonds is 10. The lowest BCUT2D eigenvalue weighted by atomic mass is 9.98. The number of fused-ring (bicyclic) bond motifs is 3. The minimum atomic E-state index is -0.889. The maximum atomic E-state index is 12.4. The predicted octanol–water partition coefficient (Wildman–Crippen LogP) is 3.24. The lowest BCUT2D eigenvalue weighted by Gasteiger charge is -2.18. The summed E-state index contributed by atoms with van der Waals surface area (Å²) in [5.41, 5.74) is 4.55. The second kappa shape index (κ2) is 10.9. The monoisotopic (exact) mass is 442 g/mol. The van der Waals surface area contributed by atoms with Crippen molar-refractivity contribution in [1.82, 2.24) is 10.6 Å². The molecule has 0 heterocycles. The van der Waals surface area contributed by atoms with Crippen LogP contribution < -0.4 is 10.6 Å².